The normalized spacial score (nSPS) is 19.0. The number of nitrogens with one attached hydrogen (secondary N) is 1. The molecule has 1 atom stereocenters. The lowest BCUT2D eigenvalue weighted by Gasteiger charge is -2.25. The number of pyridine rings is 1. The Labute approximate surface area is 197 Å². The highest BCUT2D eigenvalue weighted by Crippen LogP contribution is 2.33. The van der Waals surface area contributed by atoms with E-state index in [2.05, 4.69) is 25.2 Å². The van der Waals surface area contributed by atoms with Crippen LogP contribution in [0, 0.1) is 12.7 Å². The predicted octanol–water partition coefficient (Wildman–Crippen LogP) is 3.60. The van der Waals surface area contributed by atoms with E-state index in [4.69, 9.17) is 0 Å². The summed E-state index contributed by atoms with van der Waals surface area (Å²) in [4.78, 5) is 22.4. The number of halogens is 1. The molecule has 5 heterocycles. The molecule has 4 aromatic rings. The Hall–Kier alpha value is -3.46. The Bertz CT molecular complexity index is 1400. The van der Waals surface area contributed by atoms with Crippen LogP contribution in [-0.2, 0) is 7.05 Å². The number of carbonyl (C=O) groups is 1. The van der Waals surface area contributed by atoms with Gasteiger partial charge in [-0.2, -0.15) is 5.10 Å². The van der Waals surface area contributed by atoms with Crippen LogP contribution in [-0.4, -0.2) is 62.2 Å². The minimum atomic E-state index is -0.481. The van der Waals surface area contributed by atoms with Gasteiger partial charge in [0.1, 0.15) is 5.52 Å². The Balaban J connectivity index is 1.29. The van der Waals surface area contributed by atoms with Gasteiger partial charge in [-0.15, -0.1) is 0 Å². The molecule has 0 aliphatic carbocycles. The van der Waals surface area contributed by atoms with Gasteiger partial charge < -0.3 is 14.6 Å². The average Bonchev–Trinajstić information content (AvgIpc) is 3.58. The fraction of sp³-hybridized carbons (Fsp3) is 0.400. The second-order valence-corrected chi connectivity index (χ2v) is 9.47. The zero-order chi connectivity index (χ0) is 23.4. The molecule has 8 nitrogen and oxygen atoms in total. The maximum absolute atomic E-state index is 14.5. The van der Waals surface area contributed by atoms with Crippen molar-refractivity contribution < 1.29 is 9.18 Å². The molecule has 0 radical (unpaired) electrons. The number of hydrogen-bond acceptors (Lipinski definition) is 5. The molecule has 6 rings (SSSR count). The minimum Gasteiger partial charge on any atom is -0.369 e. The van der Waals surface area contributed by atoms with Crippen LogP contribution < -0.4 is 10.2 Å². The Kier molecular flexibility index (Phi) is 5.02. The van der Waals surface area contributed by atoms with Crippen molar-refractivity contribution in [3.05, 3.63) is 53.9 Å². The predicted molar refractivity (Wildman–Crippen MR) is 130 cm³/mol. The molecule has 1 aromatic carbocycles. The van der Waals surface area contributed by atoms with E-state index in [9.17, 15) is 9.18 Å². The van der Waals surface area contributed by atoms with Crippen LogP contribution in [0.25, 0.3) is 16.6 Å². The third-order valence-electron chi connectivity index (χ3n) is 7.06. The Morgan fingerprint density at radius 2 is 1.97 bits per heavy atom. The number of anilines is 2. The molecule has 2 fully saturated rings. The summed E-state index contributed by atoms with van der Waals surface area (Å²) >= 11 is 0. The molecular weight excluding hydrogens is 433 g/mol. The molecule has 9 heteroatoms. The van der Waals surface area contributed by atoms with E-state index >= 15 is 0 Å². The van der Waals surface area contributed by atoms with Crippen molar-refractivity contribution in [1.29, 1.82) is 0 Å². The van der Waals surface area contributed by atoms with E-state index < -0.39 is 5.82 Å². The maximum atomic E-state index is 14.5. The van der Waals surface area contributed by atoms with Gasteiger partial charge in [-0.1, -0.05) is 0 Å². The molecule has 1 N–H and O–H groups in total. The van der Waals surface area contributed by atoms with Crippen LogP contribution in [0.2, 0.25) is 0 Å². The monoisotopic (exact) mass is 461 g/mol. The van der Waals surface area contributed by atoms with Gasteiger partial charge in [0.05, 0.1) is 16.9 Å². The molecule has 0 spiro atoms. The van der Waals surface area contributed by atoms with E-state index in [0.717, 1.165) is 30.6 Å². The lowest BCUT2D eigenvalue weighted by Crippen LogP contribution is -2.35. The molecule has 0 saturated carbocycles. The van der Waals surface area contributed by atoms with Crippen LogP contribution in [0.1, 0.15) is 35.3 Å². The highest BCUT2D eigenvalue weighted by Gasteiger charge is 2.30. The smallest absolute Gasteiger partial charge is 0.257 e. The molecule has 1 unspecified atom stereocenters. The van der Waals surface area contributed by atoms with Crippen molar-refractivity contribution >= 4 is 33.8 Å². The van der Waals surface area contributed by atoms with Crippen LogP contribution in [0.3, 0.4) is 0 Å². The van der Waals surface area contributed by atoms with Gasteiger partial charge in [0.2, 0.25) is 0 Å². The molecule has 3 aromatic heterocycles. The van der Waals surface area contributed by atoms with Crippen LogP contribution in [0.4, 0.5) is 15.8 Å². The SMILES string of the molecule is Cc1cn2cc(NC(=O)c3ccc(N4CCC(N5CCCC5)C4)c4cn(C)nc34)cc(F)c2n1. The maximum Gasteiger partial charge on any atom is 0.257 e. The third kappa shape index (κ3) is 3.60. The van der Waals surface area contributed by atoms with Crippen molar-refractivity contribution in [2.75, 3.05) is 36.4 Å². The Morgan fingerprint density at radius 1 is 1.15 bits per heavy atom. The largest absolute Gasteiger partial charge is 0.369 e. The fourth-order valence-corrected chi connectivity index (χ4v) is 5.48. The summed E-state index contributed by atoms with van der Waals surface area (Å²) in [5.74, 6) is -0.798. The van der Waals surface area contributed by atoms with Crippen molar-refractivity contribution in [2.24, 2.45) is 7.05 Å². The van der Waals surface area contributed by atoms with Gasteiger partial charge >= 0.3 is 0 Å². The van der Waals surface area contributed by atoms with Crippen molar-refractivity contribution in [2.45, 2.75) is 32.2 Å². The van der Waals surface area contributed by atoms with Gasteiger partial charge in [-0.05, 0) is 51.4 Å². The van der Waals surface area contributed by atoms with E-state index in [1.165, 1.54) is 32.0 Å². The lowest BCUT2D eigenvalue weighted by molar-refractivity contribution is 0.102. The Morgan fingerprint density at radius 3 is 2.79 bits per heavy atom. The van der Waals surface area contributed by atoms with Gasteiger partial charge in [0.15, 0.2) is 11.5 Å². The highest BCUT2D eigenvalue weighted by molar-refractivity contribution is 6.13. The van der Waals surface area contributed by atoms with Gasteiger partial charge in [0.25, 0.3) is 5.91 Å². The number of aromatic nitrogens is 4. The zero-order valence-electron chi connectivity index (χ0n) is 19.5. The van der Waals surface area contributed by atoms with Gasteiger partial charge in [0, 0.05) is 61.9 Å². The molecule has 34 heavy (non-hydrogen) atoms. The first-order chi connectivity index (χ1) is 16.5. The second kappa shape index (κ2) is 8.09. The summed E-state index contributed by atoms with van der Waals surface area (Å²) in [5, 5.41) is 8.40. The summed E-state index contributed by atoms with van der Waals surface area (Å²) in [6.45, 7) is 6.20. The quantitative estimate of drug-likeness (QED) is 0.503. The number of carbonyl (C=O) groups excluding carboxylic acids is 1. The summed E-state index contributed by atoms with van der Waals surface area (Å²) in [7, 11) is 1.87. The number of benzene rings is 1. The molecular formula is C25H28FN7O. The summed E-state index contributed by atoms with van der Waals surface area (Å²) in [5.41, 5.74) is 3.56. The first-order valence-electron chi connectivity index (χ1n) is 11.9. The molecule has 2 aliphatic rings. The van der Waals surface area contributed by atoms with E-state index in [-0.39, 0.29) is 11.6 Å². The van der Waals surface area contributed by atoms with Crippen LogP contribution in [0.15, 0.2) is 36.8 Å². The standard InChI is InChI=1S/C25H28FN7O/c1-16-12-33-13-17(11-21(26)24(33)27-16)28-25(34)19-5-6-22(20-15-30(2)29-23(19)20)32-10-7-18(14-32)31-8-3-4-9-31/h5-6,11-13,15,18H,3-4,7-10,14H2,1-2H3,(H,28,34). The first kappa shape index (κ1) is 21.1. The summed E-state index contributed by atoms with van der Waals surface area (Å²) in [6, 6.07) is 5.74. The number of nitrogens with zero attached hydrogens (tertiary/aromatic N) is 6. The number of fused-ring (bicyclic) bond motifs is 2. The van der Waals surface area contributed by atoms with E-state index in [1.807, 2.05) is 25.4 Å². The zero-order valence-corrected chi connectivity index (χ0v) is 19.5. The minimum absolute atomic E-state index is 0.241. The average molecular weight is 462 g/mol. The third-order valence-corrected chi connectivity index (χ3v) is 7.06. The topological polar surface area (TPSA) is 70.7 Å². The molecule has 176 valence electrons. The number of amides is 1. The molecule has 2 aliphatic heterocycles. The number of rotatable bonds is 4. The van der Waals surface area contributed by atoms with Crippen LogP contribution in [0.5, 0.6) is 0 Å². The van der Waals surface area contributed by atoms with E-state index in [1.54, 1.807) is 28.4 Å². The number of imidazole rings is 1. The van der Waals surface area contributed by atoms with Gasteiger partial charge in [-0.3, -0.25) is 14.4 Å². The molecule has 2 saturated heterocycles. The highest BCUT2D eigenvalue weighted by atomic mass is 19.1. The first-order valence-corrected chi connectivity index (χ1v) is 11.9. The lowest BCUT2D eigenvalue weighted by atomic mass is 10.1. The molecule has 1 amide bonds. The van der Waals surface area contributed by atoms with Crippen molar-refractivity contribution in [3.8, 4) is 0 Å². The van der Waals surface area contributed by atoms with Crippen LogP contribution >= 0.6 is 0 Å². The summed E-state index contributed by atoms with van der Waals surface area (Å²) < 4.78 is 17.8. The summed E-state index contributed by atoms with van der Waals surface area (Å²) in [6.07, 6.45) is 9.12. The number of aryl methyl sites for hydroxylation is 2. The van der Waals surface area contributed by atoms with E-state index in [0.29, 0.717) is 28.5 Å². The second-order valence-electron chi connectivity index (χ2n) is 9.47. The number of likely N-dealkylation sites (tertiary alicyclic amines) is 1. The van der Waals surface area contributed by atoms with Gasteiger partial charge in [-0.25, -0.2) is 9.37 Å². The number of hydrogen-bond donors (Lipinski definition) is 1. The van der Waals surface area contributed by atoms with Crippen molar-refractivity contribution in [3.63, 3.8) is 0 Å². The fourth-order valence-electron chi connectivity index (χ4n) is 5.48. The van der Waals surface area contributed by atoms with Crippen molar-refractivity contribution in [1.82, 2.24) is 24.1 Å². The molecule has 0 bridgehead atoms.